The fourth-order valence-corrected chi connectivity index (χ4v) is 4.65. The lowest BCUT2D eigenvalue weighted by Gasteiger charge is -2.17. The highest BCUT2D eigenvalue weighted by atomic mass is 32.2. The first kappa shape index (κ1) is 22.5. The molecule has 34 heavy (non-hydrogen) atoms. The number of anilines is 1. The first-order valence-corrected chi connectivity index (χ1v) is 12.2. The van der Waals surface area contributed by atoms with E-state index in [1.54, 1.807) is 13.2 Å². The molecule has 0 bridgehead atoms. The van der Waals surface area contributed by atoms with Crippen molar-refractivity contribution >= 4 is 23.5 Å². The maximum absolute atomic E-state index is 12.5. The second kappa shape index (κ2) is 10.4. The van der Waals surface area contributed by atoms with Crippen molar-refractivity contribution in [3.63, 3.8) is 0 Å². The number of aromatic nitrogens is 2. The van der Waals surface area contributed by atoms with Crippen LogP contribution in [0.2, 0.25) is 0 Å². The number of nitrogens with one attached hydrogen (secondary N) is 1. The fourth-order valence-electron chi connectivity index (χ4n) is 3.89. The van der Waals surface area contributed by atoms with E-state index >= 15 is 0 Å². The zero-order valence-electron chi connectivity index (χ0n) is 18.9. The Kier molecular flexibility index (Phi) is 6.87. The first-order valence-electron chi connectivity index (χ1n) is 11.2. The molecule has 4 heterocycles. The Bertz CT molecular complexity index is 1160. The minimum atomic E-state index is -0.274. The standard InChI is InChI=1S/C24H26N4O5S/c1-30-13-17-11-22(28-8-2-3-9-28)27-24(26-17)34-14-18-5-7-20(33-18)23(29)25-12-16-4-6-19-21(10-16)32-15-31-19/h4-7,10-11H,2-3,8-9,12-15H2,1H3,(H,25,29). The van der Waals surface area contributed by atoms with Gasteiger partial charge in [-0.2, -0.15) is 0 Å². The largest absolute Gasteiger partial charge is 0.455 e. The SMILES string of the molecule is COCc1cc(N2CCCC2)nc(SCc2ccc(C(=O)NCc3ccc4c(c3)OCO4)o2)n1. The van der Waals surface area contributed by atoms with E-state index in [9.17, 15) is 4.79 Å². The van der Waals surface area contributed by atoms with Gasteiger partial charge in [-0.25, -0.2) is 9.97 Å². The Balaban J connectivity index is 1.18. The third-order valence-corrected chi connectivity index (χ3v) is 6.46. The summed E-state index contributed by atoms with van der Waals surface area (Å²) in [4.78, 5) is 24.1. The number of methoxy groups -OCH3 is 1. The number of ether oxygens (including phenoxy) is 3. The lowest BCUT2D eigenvalue weighted by Crippen LogP contribution is -2.22. The van der Waals surface area contributed by atoms with E-state index < -0.39 is 0 Å². The van der Waals surface area contributed by atoms with Crippen LogP contribution in [0.1, 0.15) is 40.4 Å². The molecule has 0 atom stereocenters. The van der Waals surface area contributed by atoms with Crippen LogP contribution >= 0.6 is 11.8 Å². The van der Waals surface area contributed by atoms with Gasteiger partial charge in [0.2, 0.25) is 6.79 Å². The molecule has 0 unspecified atom stereocenters. The van der Waals surface area contributed by atoms with Crippen LogP contribution in [0.4, 0.5) is 5.82 Å². The number of furan rings is 1. The number of carbonyl (C=O) groups is 1. The summed E-state index contributed by atoms with van der Waals surface area (Å²) in [5.74, 6) is 3.53. The molecule has 10 heteroatoms. The number of rotatable bonds is 9. The van der Waals surface area contributed by atoms with E-state index in [0.29, 0.717) is 41.3 Å². The normalized spacial score (nSPS) is 14.6. The Morgan fingerprint density at radius 3 is 2.82 bits per heavy atom. The third kappa shape index (κ3) is 5.28. The van der Waals surface area contributed by atoms with Crippen LogP contribution in [0.3, 0.4) is 0 Å². The van der Waals surface area contributed by atoms with Crippen molar-refractivity contribution in [2.45, 2.75) is 36.9 Å². The minimum absolute atomic E-state index is 0.222. The second-order valence-corrected chi connectivity index (χ2v) is 8.99. The van der Waals surface area contributed by atoms with E-state index in [-0.39, 0.29) is 18.5 Å². The van der Waals surface area contributed by atoms with Gasteiger partial charge in [-0.15, -0.1) is 0 Å². The first-order chi connectivity index (χ1) is 16.7. The number of benzene rings is 1. The van der Waals surface area contributed by atoms with Crippen molar-refractivity contribution < 1.29 is 23.4 Å². The van der Waals surface area contributed by atoms with Gasteiger partial charge < -0.3 is 28.8 Å². The molecule has 0 saturated carbocycles. The molecule has 2 aliphatic heterocycles. The Hall–Kier alpha value is -3.24. The van der Waals surface area contributed by atoms with E-state index in [2.05, 4.69) is 15.2 Å². The van der Waals surface area contributed by atoms with Crippen molar-refractivity contribution in [3.05, 3.63) is 59.2 Å². The molecule has 0 spiro atoms. The van der Waals surface area contributed by atoms with Crippen molar-refractivity contribution in [3.8, 4) is 11.5 Å². The molecule has 2 aliphatic rings. The highest BCUT2D eigenvalue weighted by Crippen LogP contribution is 2.32. The van der Waals surface area contributed by atoms with Crippen LogP contribution in [0.15, 0.2) is 46.0 Å². The van der Waals surface area contributed by atoms with Gasteiger partial charge in [0.15, 0.2) is 22.4 Å². The van der Waals surface area contributed by atoms with E-state index in [4.69, 9.17) is 23.6 Å². The summed E-state index contributed by atoms with van der Waals surface area (Å²) in [6.45, 7) is 3.04. The van der Waals surface area contributed by atoms with Gasteiger partial charge in [-0.3, -0.25) is 4.79 Å². The fraction of sp³-hybridized carbons (Fsp3) is 0.375. The molecule has 0 radical (unpaired) electrons. The Labute approximate surface area is 201 Å². The van der Waals surface area contributed by atoms with Gasteiger partial charge in [0.25, 0.3) is 5.91 Å². The van der Waals surface area contributed by atoms with Gasteiger partial charge in [-0.1, -0.05) is 17.8 Å². The molecule has 3 aromatic rings. The van der Waals surface area contributed by atoms with E-state index in [1.807, 2.05) is 30.3 Å². The quantitative estimate of drug-likeness (QED) is 0.361. The lowest BCUT2D eigenvalue weighted by atomic mass is 10.2. The number of nitrogens with zero attached hydrogens (tertiary/aromatic N) is 3. The van der Waals surface area contributed by atoms with Gasteiger partial charge in [0.1, 0.15) is 11.6 Å². The molecule has 5 rings (SSSR count). The third-order valence-electron chi connectivity index (χ3n) is 5.59. The number of carbonyl (C=O) groups excluding carboxylic acids is 1. The van der Waals surface area contributed by atoms with Crippen molar-refractivity contribution in [2.75, 3.05) is 31.9 Å². The molecule has 0 aliphatic carbocycles. The monoisotopic (exact) mass is 482 g/mol. The summed E-state index contributed by atoms with van der Waals surface area (Å²) in [5.41, 5.74) is 1.77. The lowest BCUT2D eigenvalue weighted by molar-refractivity contribution is 0.0921. The number of amides is 1. The molecular weight excluding hydrogens is 456 g/mol. The zero-order chi connectivity index (χ0) is 23.3. The van der Waals surface area contributed by atoms with Crippen LogP contribution in [0.25, 0.3) is 0 Å². The van der Waals surface area contributed by atoms with Crippen LogP contribution < -0.4 is 19.7 Å². The molecule has 1 fully saturated rings. The zero-order valence-corrected chi connectivity index (χ0v) is 19.7. The molecule has 9 nitrogen and oxygen atoms in total. The number of hydrogen-bond acceptors (Lipinski definition) is 9. The molecule has 1 aromatic carbocycles. The summed E-state index contributed by atoms with van der Waals surface area (Å²) in [6.07, 6.45) is 2.36. The number of hydrogen-bond donors (Lipinski definition) is 1. The molecule has 1 saturated heterocycles. The predicted octanol–water partition coefficient (Wildman–Crippen LogP) is 3.77. The van der Waals surface area contributed by atoms with Crippen molar-refractivity contribution in [1.82, 2.24) is 15.3 Å². The summed E-state index contributed by atoms with van der Waals surface area (Å²) in [7, 11) is 1.66. The highest BCUT2D eigenvalue weighted by molar-refractivity contribution is 7.98. The highest BCUT2D eigenvalue weighted by Gasteiger charge is 2.18. The summed E-state index contributed by atoms with van der Waals surface area (Å²) in [6, 6.07) is 11.1. The van der Waals surface area contributed by atoms with Crippen LogP contribution in [-0.4, -0.2) is 42.9 Å². The summed E-state index contributed by atoms with van der Waals surface area (Å²) < 4.78 is 21.7. The average Bonchev–Trinajstić information content (AvgIpc) is 3.62. The smallest absolute Gasteiger partial charge is 0.287 e. The summed E-state index contributed by atoms with van der Waals surface area (Å²) >= 11 is 1.48. The maximum atomic E-state index is 12.5. The summed E-state index contributed by atoms with van der Waals surface area (Å²) in [5, 5.41) is 3.54. The molecule has 1 amide bonds. The predicted molar refractivity (Wildman–Crippen MR) is 126 cm³/mol. The van der Waals surface area contributed by atoms with Crippen molar-refractivity contribution in [1.29, 1.82) is 0 Å². The van der Waals surface area contributed by atoms with Crippen LogP contribution in [0, 0.1) is 0 Å². The molecule has 1 N–H and O–H groups in total. The van der Waals surface area contributed by atoms with Crippen LogP contribution in [0.5, 0.6) is 11.5 Å². The van der Waals surface area contributed by atoms with Crippen molar-refractivity contribution in [2.24, 2.45) is 0 Å². The van der Waals surface area contributed by atoms with E-state index in [1.165, 1.54) is 24.6 Å². The number of fused-ring (bicyclic) bond motifs is 1. The van der Waals surface area contributed by atoms with Gasteiger partial charge in [0.05, 0.1) is 18.1 Å². The van der Waals surface area contributed by atoms with Gasteiger partial charge >= 0.3 is 0 Å². The Morgan fingerprint density at radius 2 is 1.97 bits per heavy atom. The topological polar surface area (TPSA) is 99.0 Å². The molecular formula is C24H26N4O5S. The van der Waals surface area contributed by atoms with E-state index in [0.717, 1.165) is 30.2 Å². The average molecular weight is 483 g/mol. The van der Waals surface area contributed by atoms with Gasteiger partial charge in [0, 0.05) is 32.8 Å². The minimum Gasteiger partial charge on any atom is -0.455 e. The Morgan fingerprint density at radius 1 is 1.12 bits per heavy atom. The molecule has 178 valence electrons. The van der Waals surface area contributed by atoms with Gasteiger partial charge in [-0.05, 0) is 42.7 Å². The number of thioether (sulfide) groups is 1. The maximum Gasteiger partial charge on any atom is 0.287 e. The molecule has 2 aromatic heterocycles. The van der Waals surface area contributed by atoms with Crippen LogP contribution in [-0.2, 0) is 23.6 Å². The second-order valence-electron chi connectivity index (χ2n) is 8.05.